The average Bonchev–Trinajstić information content (AvgIpc) is 3.08. The maximum atomic E-state index is 14.9. The van der Waals surface area contributed by atoms with Crippen molar-refractivity contribution >= 4 is 34.4 Å². The molecule has 2 bridgehead atoms. The summed E-state index contributed by atoms with van der Waals surface area (Å²) in [5.41, 5.74) is 2.05. The van der Waals surface area contributed by atoms with E-state index in [1.807, 2.05) is 30.0 Å². The Hall–Kier alpha value is -4.19. The van der Waals surface area contributed by atoms with Crippen LogP contribution in [-0.4, -0.2) is 96.7 Å². The molecule has 3 aromatic rings. The van der Waals surface area contributed by atoms with Gasteiger partial charge >= 0.3 is 0 Å². The number of piperazine rings is 2. The summed E-state index contributed by atoms with van der Waals surface area (Å²) >= 11 is 0. The number of benzene rings is 2. The summed E-state index contributed by atoms with van der Waals surface area (Å²) in [7, 11) is 3.60. The van der Waals surface area contributed by atoms with Gasteiger partial charge in [-0.1, -0.05) is 26.8 Å². The number of methoxy groups -OCH3 is 1. The lowest BCUT2D eigenvalue weighted by Crippen LogP contribution is -2.58. The molecule has 5 aliphatic rings. The maximum absolute atomic E-state index is 14.9. The van der Waals surface area contributed by atoms with E-state index in [1.165, 1.54) is 19.6 Å². The van der Waals surface area contributed by atoms with Crippen molar-refractivity contribution in [3.05, 3.63) is 58.1 Å². The lowest BCUT2D eigenvalue weighted by Gasteiger charge is -2.61. The van der Waals surface area contributed by atoms with E-state index in [0.717, 1.165) is 38.3 Å². The first-order valence-corrected chi connectivity index (χ1v) is 18.1. The fourth-order valence-corrected chi connectivity index (χ4v) is 8.69. The molecular formula is C38H51FN8O3. The van der Waals surface area contributed by atoms with Crippen molar-refractivity contribution in [1.82, 2.24) is 24.7 Å². The van der Waals surface area contributed by atoms with Gasteiger partial charge < -0.3 is 30.1 Å². The molecule has 1 aromatic heterocycles. The number of carbonyl (C=O) groups is 1. The van der Waals surface area contributed by atoms with Crippen LogP contribution in [0, 0.1) is 29.0 Å². The molecule has 3 heterocycles. The Bertz CT molecular complexity index is 1850. The number of hydrogen-bond acceptors (Lipinski definition) is 7. The van der Waals surface area contributed by atoms with Crippen LogP contribution in [0.15, 0.2) is 46.2 Å². The Labute approximate surface area is 293 Å². The summed E-state index contributed by atoms with van der Waals surface area (Å²) in [5, 5.41) is 7.10. The van der Waals surface area contributed by atoms with Crippen LogP contribution in [-0.2, 0) is 17.8 Å². The normalized spacial score (nSPS) is 26.8. The van der Waals surface area contributed by atoms with Gasteiger partial charge in [-0.3, -0.25) is 14.2 Å². The first-order valence-electron chi connectivity index (χ1n) is 18.1. The Morgan fingerprint density at radius 1 is 1.10 bits per heavy atom. The zero-order chi connectivity index (χ0) is 35.3. The van der Waals surface area contributed by atoms with E-state index < -0.39 is 0 Å². The molecular weight excluding hydrogens is 635 g/mol. The van der Waals surface area contributed by atoms with Crippen molar-refractivity contribution in [2.75, 3.05) is 63.6 Å². The molecule has 11 nitrogen and oxygen atoms in total. The zero-order valence-corrected chi connectivity index (χ0v) is 30.2. The number of aryl methyl sites for hydroxylation is 1. The lowest BCUT2D eigenvalue weighted by molar-refractivity contribution is -0.124. The van der Waals surface area contributed by atoms with Gasteiger partial charge in [0.15, 0.2) is 5.96 Å². The first-order chi connectivity index (χ1) is 23.9. The van der Waals surface area contributed by atoms with Crippen LogP contribution >= 0.6 is 0 Å². The zero-order valence-electron chi connectivity index (χ0n) is 30.2. The summed E-state index contributed by atoms with van der Waals surface area (Å²) in [4.78, 5) is 43.8. The van der Waals surface area contributed by atoms with Gasteiger partial charge in [-0.15, -0.1) is 0 Å². The number of guanidine groups is 1. The highest BCUT2D eigenvalue weighted by Gasteiger charge is 2.56. The third-order valence-electron chi connectivity index (χ3n) is 12.0. The molecule has 268 valence electrons. The van der Waals surface area contributed by atoms with Gasteiger partial charge in [-0.2, -0.15) is 0 Å². The number of likely N-dealkylation sites (N-methyl/N-ethyl adjacent to an activating group) is 1. The minimum Gasteiger partial charge on any atom is -0.497 e. The fraction of sp³-hybridized carbons (Fsp3) is 0.579. The number of carbonyl (C=O) groups excluding carboxylic acids is 1. The third-order valence-corrected chi connectivity index (χ3v) is 12.0. The Balaban J connectivity index is 1.22. The van der Waals surface area contributed by atoms with E-state index in [0.29, 0.717) is 70.3 Å². The first kappa shape index (κ1) is 34.3. The number of anilines is 2. The van der Waals surface area contributed by atoms with Crippen molar-refractivity contribution in [2.24, 2.45) is 28.2 Å². The molecule has 5 atom stereocenters. The number of aromatic nitrogens is 2. The molecule has 50 heavy (non-hydrogen) atoms. The van der Waals surface area contributed by atoms with Crippen molar-refractivity contribution < 1.29 is 13.9 Å². The Kier molecular flexibility index (Phi) is 9.25. The second-order valence-electron chi connectivity index (χ2n) is 15.5. The molecule has 3 saturated carbocycles. The summed E-state index contributed by atoms with van der Waals surface area (Å²) in [6, 6.07) is 10.6. The fourth-order valence-electron chi connectivity index (χ4n) is 8.69. The van der Waals surface area contributed by atoms with Crippen LogP contribution in [0.5, 0.6) is 5.75 Å². The highest BCUT2D eigenvalue weighted by Crippen LogP contribution is 2.61. The van der Waals surface area contributed by atoms with E-state index in [1.54, 1.807) is 16.7 Å². The minimum atomic E-state index is -0.357. The molecule has 5 fully saturated rings. The summed E-state index contributed by atoms with van der Waals surface area (Å²) < 4.78 is 21.8. The second kappa shape index (κ2) is 13.5. The van der Waals surface area contributed by atoms with Crippen LogP contribution in [0.2, 0.25) is 0 Å². The van der Waals surface area contributed by atoms with Crippen LogP contribution in [0.3, 0.4) is 0 Å². The van der Waals surface area contributed by atoms with Gasteiger partial charge in [0.25, 0.3) is 5.56 Å². The monoisotopic (exact) mass is 686 g/mol. The highest BCUT2D eigenvalue weighted by atomic mass is 19.1. The maximum Gasteiger partial charge on any atom is 0.262 e. The van der Waals surface area contributed by atoms with Gasteiger partial charge in [0.05, 0.1) is 30.6 Å². The minimum absolute atomic E-state index is 0.00589. The topological polar surface area (TPSA) is 107 Å². The number of ether oxygens (including phenoxy) is 1. The van der Waals surface area contributed by atoms with Gasteiger partial charge in [0, 0.05) is 57.1 Å². The predicted molar refractivity (Wildman–Crippen MR) is 196 cm³/mol. The summed E-state index contributed by atoms with van der Waals surface area (Å²) in [6.07, 6.45) is 2.65. The summed E-state index contributed by atoms with van der Waals surface area (Å²) in [5.74, 6) is 3.10. The smallest absolute Gasteiger partial charge is 0.262 e. The number of rotatable bonds is 7. The highest BCUT2D eigenvalue weighted by molar-refractivity contribution is 5.98. The van der Waals surface area contributed by atoms with Crippen molar-refractivity contribution in [1.29, 1.82) is 0 Å². The molecule has 2 aliphatic heterocycles. The van der Waals surface area contributed by atoms with E-state index in [-0.39, 0.29) is 42.5 Å². The number of hydrogen-bond donors (Lipinski definition) is 2. The van der Waals surface area contributed by atoms with Gasteiger partial charge in [-0.25, -0.2) is 14.4 Å². The quantitative estimate of drug-likeness (QED) is 0.282. The molecule has 0 radical (unpaired) electrons. The van der Waals surface area contributed by atoms with E-state index in [4.69, 9.17) is 14.7 Å². The van der Waals surface area contributed by atoms with Crippen molar-refractivity contribution in [3.63, 3.8) is 0 Å². The van der Waals surface area contributed by atoms with Crippen molar-refractivity contribution in [2.45, 2.75) is 65.6 Å². The largest absolute Gasteiger partial charge is 0.497 e. The molecule has 8 rings (SSSR count). The van der Waals surface area contributed by atoms with Crippen molar-refractivity contribution in [3.8, 4) is 5.75 Å². The molecule has 1 unspecified atom stereocenters. The number of aliphatic imine (C=N–C) groups is 1. The van der Waals surface area contributed by atoms with Gasteiger partial charge in [0.1, 0.15) is 11.6 Å². The van der Waals surface area contributed by atoms with E-state index in [9.17, 15) is 14.0 Å². The SMILES string of the molecule is COc1ccc(CCn2c(N3CCN(C)CC3)nc3cc(NC(=NC4C[C@@H]5C[C@H]([C@@H]4C)C5(C)C)N4CC(=O)N[C@@H](C)C4)ccc3c2=O)c(F)c1. The van der Waals surface area contributed by atoms with E-state index in [2.05, 4.69) is 48.3 Å². The molecule has 0 spiro atoms. The number of nitrogens with zero attached hydrogens (tertiary/aromatic N) is 6. The van der Waals surface area contributed by atoms with Gasteiger partial charge in [-0.05, 0) is 86.2 Å². The predicted octanol–water partition coefficient (Wildman–Crippen LogP) is 4.20. The third kappa shape index (κ3) is 6.54. The molecule has 2 aromatic carbocycles. The summed E-state index contributed by atoms with van der Waals surface area (Å²) in [6.45, 7) is 13.4. The molecule has 12 heteroatoms. The average molecular weight is 687 g/mol. The lowest BCUT2D eigenvalue weighted by atomic mass is 9.45. The van der Waals surface area contributed by atoms with E-state index >= 15 is 0 Å². The van der Waals surface area contributed by atoms with Crippen LogP contribution in [0.25, 0.3) is 10.9 Å². The standard InChI is InChI=1S/C38H51FN8O3/c1-23-21-46(22-34(48)40-23)36(42-32-18-26-17-30(24(32)2)38(26,3)4)41-27-8-10-29-33(19-27)43-37(45-15-13-44(5)14-16-45)47(35(29)49)12-11-25-7-9-28(50-6)20-31(25)39/h7-10,19-20,23-24,26,30,32H,11-18,21-22H2,1-6H3,(H,40,48)(H,41,42)/t23-,24-,26-,30+,32?/m0/s1. The van der Waals surface area contributed by atoms with Gasteiger partial charge in [0.2, 0.25) is 11.9 Å². The second-order valence-corrected chi connectivity index (χ2v) is 15.5. The number of fused-ring (bicyclic) bond motifs is 3. The number of amides is 1. The molecule has 2 saturated heterocycles. The van der Waals surface area contributed by atoms with Crippen LogP contribution in [0.1, 0.15) is 46.1 Å². The van der Waals surface area contributed by atoms with Crippen LogP contribution < -0.4 is 25.8 Å². The van der Waals surface area contributed by atoms with Crippen LogP contribution in [0.4, 0.5) is 16.0 Å². The molecule has 3 aliphatic carbocycles. The Morgan fingerprint density at radius 3 is 2.56 bits per heavy atom. The molecule has 1 amide bonds. The number of halogens is 1. The number of nitrogens with one attached hydrogen (secondary N) is 2. The Morgan fingerprint density at radius 2 is 1.88 bits per heavy atom. The molecule has 2 N–H and O–H groups in total.